The van der Waals surface area contributed by atoms with Crippen molar-refractivity contribution in [1.82, 2.24) is 9.78 Å². The molecule has 0 radical (unpaired) electrons. The van der Waals surface area contributed by atoms with Gasteiger partial charge >= 0.3 is 5.69 Å². The van der Waals surface area contributed by atoms with E-state index in [9.17, 15) is 15.2 Å². The Hall–Kier alpha value is -2.41. The van der Waals surface area contributed by atoms with Crippen LogP contribution in [0.4, 0.5) is 5.69 Å². The van der Waals surface area contributed by atoms with Gasteiger partial charge in [-0.2, -0.15) is 5.10 Å². The molecule has 0 saturated heterocycles. The van der Waals surface area contributed by atoms with E-state index >= 15 is 0 Å². The van der Waals surface area contributed by atoms with E-state index in [1.165, 1.54) is 10.9 Å². The van der Waals surface area contributed by atoms with Gasteiger partial charge in [0.15, 0.2) is 0 Å². The van der Waals surface area contributed by atoms with Gasteiger partial charge in [0, 0.05) is 0 Å². The molecule has 0 aliphatic rings. The number of aliphatic hydroxyl groups excluding tert-OH is 1. The minimum Gasteiger partial charge on any atom is -0.491 e. The highest BCUT2D eigenvalue weighted by atomic mass is 16.6. The molecule has 1 atom stereocenters. The van der Waals surface area contributed by atoms with Gasteiger partial charge in [-0.05, 0) is 43.5 Å². The molecular formula is C15H19N3O4. The molecule has 2 aromatic rings. The van der Waals surface area contributed by atoms with Crippen molar-refractivity contribution in [3.05, 3.63) is 51.3 Å². The number of aromatic nitrogens is 2. The standard InChI is InChI=1S/C15H19N3O4/c1-10-4-11(2)12(3)15(5-10)22-9-14(19)8-17-7-13(6-16-17)18(20)21/h4-7,14,19H,8-9H2,1-3H3. The van der Waals surface area contributed by atoms with Crippen LogP contribution in [0.25, 0.3) is 0 Å². The summed E-state index contributed by atoms with van der Waals surface area (Å²) in [4.78, 5) is 10.1. The van der Waals surface area contributed by atoms with Gasteiger partial charge in [-0.15, -0.1) is 0 Å². The average molecular weight is 305 g/mol. The molecule has 118 valence electrons. The van der Waals surface area contributed by atoms with Crippen molar-refractivity contribution in [3.63, 3.8) is 0 Å². The van der Waals surface area contributed by atoms with E-state index in [0.717, 1.165) is 28.6 Å². The summed E-state index contributed by atoms with van der Waals surface area (Å²) in [5.41, 5.74) is 3.16. The molecule has 1 aromatic heterocycles. The predicted octanol–water partition coefficient (Wildman–Crippen LogP) is 2.16. The third-order valence-corrected chi connectivity index (χ3v) is 3.42. The zero-order valence-corrected chi connectivity index (χ0v) is 12.8. The lowest BCUT2D eigenvalue weighted by atomic mass is 10.1. The SMILES string of the molecule is Cc1cc(C)c(C)c(OCC(O)Cn2cc([N+](=O)[O-])cn2)c1. The van der Waals surface area contributed by atoms with E-state index in [0.29, 0.717) is 0 Å². The Balaban J connectivity index is 1.95. The first-order valence-electron chi connectivity index (χ1n) is 6.92. The predicted molar refractivity (Wildman–Crippen MR) is 81.0 cm³/mol. The molecule has 1 unspecified atom stereocenters. The lowest BCUT2D eigenvalue weighted by molar-refractivity contribution is -0.385. The second-order valence-electron chi connectivity index (χ2n) is 5.35. The molecule has 0 aliphatic carbocycles. The molecule has 7 heteroatoms. The quantitative estimate of drug-likeness (QED) is 0.652. The monoisotopic (exact) mass is 305 g/mol. The van der Waals surface area contributed by atoms with Crippen molar-refractivity contribution in [1.29, 1.82) is 0 Å². The molecule has 0 amide bonds. The molecule has 2 rings (SSSR count). The van der Waals surface area contributed by atoms with Gasteiger partial charge in [-0.25, -0.2) is 0 Å². The average Bonchev–Trinajstić information content (AvgIpc) is 2.90. The molecule has 1 heterocycles. The lowest BCUT2D eigenvalue weighted by Gasteiger charge is -2.15. The number of hydrogen-bond donors (Lipinski definition) is 1. The van der Waals surface area contributed by atoms with Crippen molar-refractivity contribution in [2.75, 3.05) is 6.61 Å². The van der Waals surface area contributed by atoms with Crippen molar-refractivity contribution >= 4 is 5.69 Å². The number of nitrogens with zero attached hydrogens (tertiary/aromatic N) is 3. The minimum atomic E-state index is -0.806. The number of ether oxygens (including phenoxy) is 1. The molecule has 0 bridgehead atoms. The summed E-state index contributed by atoms with van der Waals surface area (Å²) in [6, 6.07) is 4.00. The summed E-state index contributed by atoms with van der Waals surface area (Å²) >= 11 is 0. The highest BCUT2D eigenvalue weighted by Crippen LogP contribution is 2.23. The van der Waals surface area contributed by atoms with Crippen LogP contribution in [0.2, 0.25) is 0 Å². The second-order valence-corrected chi connectivity index (χ2v) is 5.35. The molecular weight excluding hydrogens is 286 g/mol. The topological polar surface area (TPSA) is 90.4 Å². The second kappa shape index (κ2) is 6.57. The number of nitro groups is 1. The number of aryl methyl sites for hydroxylation is 2. The Kier molecular flexibility index (Phi) is 4.77. The van der Waals surface area contributed by atoms with Crippen LogP contribution >= 0.6 is 0 Å². The van der Waals surface area contributed by atoms with Gasteiger partial charge in [-0.3, -0.25) is 14.8 Å². The third kappa shape index (κ3) is 3.82. The first-order chi connectivity index (χ1) is 10.4. The van der Waals surface area contributed by atoms with E-state index in [1.807, 2.05) is 26.8 Å². The van der Waals surface area contributed by atoms with Gasteiger partial charge in [0.1, 0.15) is 30.9 Å². The van der Waals surface area contributed by atoms with E-state index < -0.39 is 11.0 Å². The maximum absolute atomic E-state index is 10.6. The van der Waals surface area contributed by atoms with Crippen LogP contribution in [-0.4, -0.2) is 32.5 Å². The molecule has 1 N–H and O–H groups in total. The van der Waals surface area contributed by atoms with Gasteiger partial charge in [-0.1, -0.05) is 6.07 Å². The van der Waals surface area contributed by atoms with Crippen LogP contribution < -0.4 is 4.74 Å². The summed E-state index contributed by atoms with van der Waals surface area (Å²) in [6.07, 6.45) is 1.63. The fourth-order valence-corrected chi connectivity index (χ4v) is 2.15. The van der Waals surface area contributed by atoms with E-state index in [1.54, 1.807) is 0 Å². The molecule has 7 nitrogen and oxygen atoms in total. The lowest BCUT2D eigenvalue weighted by Crippen LogP contribution is -2.24. The Morgan fingerprint density at radius 2 is 2.14 bits per heavy atom. The van der Waals surface area contributed by atoms with Crippen LogP contribution in [0.1, 0.15) is 16.7 Å². The highest BCUT2D eigenvalue weighted by Gasteiger charge is 2.13. The maximum atomic E-state index is 10.6. The number of aliphatic hydroxyl groups is 1. The fourth-order valence-electron chi connectivity index (χ4n) is 2.15. The van der Waals surface area contributed by atoms with Gasteiger partial charge in [0.2, 0.25) is 0 Å². The summed E-state index contributed by atoms with van der Waals surface area (Å²) < 4.78 is 7.00. The molecule has 0 saturated carbocycles. The van der Waals surface area contributed by atoms with Crippen molar-refractivity contribution in [2.24, 2.45) is 0 Å². The zero-order chi connectivity index (χ0) is 16.3. The smallest absolute Gasteiger partial charge is 0.306 e. The number of hydrogen-bond acceptors (Lipinski definition) is 5. The number of benzene rings is 1. The fraction of sp³-hybridized carbons (Fsp3) is 0.400. The Morgan fingerprint density at radius 3 is 2.77 bits per heavy atom. The largest absolute Gasteiger partial charge is 0.491 e. The van der Waals surface area contributed by atoms with Gasteiger partial charge < -0.3 is 9.84 Å². The first-order valence-corrected chi connectivity index (χ1v) is 6.92. The summed E-state index contributed by atoms with van der Waals surface area (Å²) in [7, 11) is 0. The van der Waals surface area contributed by atoms with Gasteiger partial charge in [0.25, 0.3) is 0 Å². The van der Waals surface area contributed by atoms with Crippen molar-refractivity contribution < 1.29 is 14.8 Å². The Morgan fingerprint density at radius 1 is 1.41 bits per heavy atom. The Bertz CT molecular complexity index is 681. The zero-order valence-electron chi connectivity index (χ0n) is 12.8. The normalized spacial score (nSPS) is 12.2. The Labute approximate surface area is 128 Å². The molecule has 0 spiro atoms. The number of rotatable bonds is 6. The molecule has 22 heavy (non-hydrogen) atoms. The van der Waals surface area contributed by atoms with Crippen molar-refractivity contribution in [2.45, 2.75) is 33.4 Å². The summed E-state index contributed by atoms with van der Waals surface area (Å²) in [6.45, 7) is 6.19. The third-order valence-electron chi connectivity index (χ3n) is 3.42. The molecule has 0 fully saturated rings. The molecule has 1 aromatic carbocycles. The van der Waals surface area contributed by atoms with Crippen LogP contribution in [0.15, 0.2) is 24.5 Å². The highest BCUT2D eigenvalue weighted by molar-refractivity contribution is 5.41. The minimum absolute atomic E-state index is 0.0946. The summed E-state index contributed by atoms with van der Waals surface area (Å²) in [5.74, 6) is 0.739. The summed E-state index contributed by atoms with van der Waals surface area (Å²) in [5, 5.41) is 24.4. The maximum Gasteiger partial charge on any atom is 0.306 e. The van der Waals surface area contributed by atoms with Crippen LogP contribution in [-0.2, 0) is 6.54 Å². The van der Waals surface area contributed by atoms with Gasteiger partial charge in [0.05, 0.1) is 11.5 Å². The van der Waals surface area contributed by atoms with E-state index in [-0.39, 0.29) is 18.8 Å². The van der Waals surface area contributed by atoms with Crippen LogP contribution in [0, 0.1) is 30.9 Å². The first kappa shape index (κ1) is 16.0. The van der Waals surface area contributed by atoms with Crippen molar-refractivity contribution in [3.8, 4) is 5.75 Å². The molecule has 0 aliphatic heterocycles. The van der Waals surface area contributed by atoms with Crippen LogP contribution in [0.3, 0.4) is 0 Å². The van der Waals surface area contributed by atoms with E-state index in [4.69, 9.17) is 4.74 Å². The van der Waals surface area contributed by atoms with Crippen LogP contribution in [0.5, 0.6) is 5.75 Å². The van der Waals surface area contributed by atoms with E-state index in [2.05, 4.69) is 11.2 Å².